The zero-order valence-electron chi connectivity index (χ0n) is 31.5. The number of hydrogen-bond donors (Lipinski definition) is 4. The predicted octanol–water partition coefficient (Wildman–Crippen LogP) is 5.79. The molecule has 7 rings (SSSR count). The Bertz CT molecular complexity index is 2340. The van der Waals surface area contributed by atoms with Crippen molar-refractivity contribution in [1.29, 1.82) is 0 Å². The zero-order valence-corrected chi connectivity index (χ0v) is 32.3. The minimum Gasteiger partial charge on any atom is -0.483 e. The lowest BCUT2D eigenvalue weighted by Crippen LogP contribution is -2.54. The second-order valence-corrected chi connectivity index (χ2v) is 15.3. The van der Waals surface area contributed by atoms with Gasteiger partial charge in [-0.25, -0.2) is 8.78 Å². The van der Waals surface area contributed by atoms with Crippen molar-refractivity contribution in [2.24, 2.45) is 5.73 Å². The summed E-state index contributed by atoms with van der Waals surface area (Å²) < 4.78 is 35.9. The quantitative estimate of drug-likeness (QED) is 0.0697. The number of anilines is 1. The van der Waals surface area contributed by atoms with E-state index in [2.05, 4.69) is 16.0 Å². The van der Waals surface area contributed by atoms with E-state index in [1.807, 2.05) is 53.2 Å². The van der Waals surface area contributed by atoms with E-state index in [9.17, 15) is 37.5 Å². The number of carbonyl (C=O) groups excluding carboxylic acids is 6. The lowest BCUT2D eigenvalue weighted by Gasteiger charge is -2.29. The summed E-state index contributed by atoms with van der Waals surface area (Å²) in [6.45, 7) is -0.101. The molecule has 0 spiro atoms. The number of hydrogen-bond acceptors (Lipinski definition) is 8. The highest BCUT2D eigenvalue weighted by Gasteiger charge is 2.46. The van der Waals surface area contributed by atoms with Crippen LogP contribution in [0.3, 0.4) is 0 Å². The van der Waals surface area contributed by atoms with Gasteiger partial charge in [0.05, 0.1) is 16.6 Å². The summed E-state index contributed by atoms with van der Waals surface area (Å²) in [5.74, 6) is -5.88. The SMILES string of the molecule is NC(=S)c1cccc(-c2cn(C3CCC(F)(F)CC3)c3cc(NC(=O)CCCCCNC(=O)COc4cccc5c4C(=O)N(C4CCC(=O)NC4=O)C5=O)ccc23)c1. The fraction of sp³-hybridized carbons (Fsp3) is 0.357. The van der Waals surface area contributed by atoms with E-state index >= 15 is 0 Å². The van der Waals surface area contributed by atoms with Crippen LogP contribution < -0.4 is 26.4 Å². The molecular formula is C42H42F2N6O7S. The molecule has 4 aromatic rings. The molecule has 13 nitrogen and oxygen atoms in total. The maximum absolute atomic E-state index is 14.1. The highest BCUT2D eigenvalue weighted by atomic mass is 32.1. The van der Waals surface area contributed by atoms with Crippen molar-refractivity contribution in [2.75, 3.05) is 18.5 Å². The number of imide groups is 2. The van der Waals surface area contributed by atoms with Crippen LogP contribution in [0.4, 0.5) is 14.5 Å². The Morgan fingerprint density at radius 2 is 1.69 bits per heavy atom. The van der Waals surface area contributed by atoms with Crippen molar-refractivity contribution < 1.29 is 42.3 Å². The number of rotatable bonds is 14. The van der Waals surface area contributed by atoms with Crippen molar-refractivity contribution in [1.82, 2.24) is 20.1 Å². The lowest BCUT2D eigenvalue weighted by molar-refractivity contribution is -0.136. The maximum atomic E-state index is 14.1. The molecule has 0 radical (unpaired) electrons. The number of unbranched alkanes of at least 4 members (excludes halogenated alkanes) is 2. The van der Waals surface area contributed by atoms with Crippen molar-refractivity contribution >= 4 is 69.2 Å². The second-order valence-electron chi connectivity index (χ2n) is 14.8. The molecule has 2 fully saturated rings. The number of nitrogens with zero attached hydrogens (tertiary/aromatic N) is 2. The Labute approximate surface area is 337 Å². The van der Waals surface area contributed by atoms with Gasteiger partial charge >= 0.3 is 0 Å². The van der Waals surface area contributed by atoms with Crippen LogP contribution >= 0.6 is 12.2 Å². The van der Waals surface area contributed by atoms with E-state index < -0.39 is 48.1 Å². The first kappa shape index (κ1) is 40.2. The molecule has 1 atom stereocenters. The number of benzene rings is 3. The van der Waals surface area contributed by atoms with Crippen molar-refractivity contribution in [3.8, 4) is 16.9 Å². The molecule has 0 bridgehead atoms. The van der Waals surface area contributed by atoms with Gasteiger partial charge in [-0.05, 0) is 68.0 Å². The van der Waals surface area contributed by atoms with Gasteiger partial charge in [-0.3, -0.25) is 39.0 Å². The van der Waals surface area contributed by atoms with Crippen LogP contribution in [0.5, 0.6) is 5.75 Å². The maximum Gasteiger partial charge on any atom is 0.266 e. The molecule has 302 valence electrons. The third kappa shape index (κ3) is 8.61. The number of piperidine rings is 1. The van der Waals surface area contributed by atoms with Gasteiger partial charge in [0.1, 0.15) is 16.8 Å². The number of ether oxygens (including phenoxy) is 1. The molecule has 3 heterocycles. The number of aromatic nitrogens is 1. The molecule has 1 unspecified atom stereocenters. The number of halogens is 2. The van der Waals surface area contributed by atoms with E-state index in [0.29, 0.717) is 44.3 Å². The van der Waals surface area contributed by atoms with E-state index in [1.165, 1.54) is 18.2 Å². The Balaban J connectivity index is 0.891. The number of fused-ring (bicyclic) bond motifs is 2. The monoisotopic (exact) mass is 812 g/mol. The van der Waals surface area contributed by atoms with Gasteiger partial charge in [-0.1, -0.05) is 49.0 Å². The summed E-state index contributed by atoms with van der Waals surface area (Å²) in [6.07, 6.45) is 4.33. The first-order chi connectivity index (χ1) is 27.8. The van der Waals surface area contributed by atoms with Gasteiger partial charge in [-0.2, -0.15) is 0 Å². The number of alkyl halides is 2. The van der Waals surface area contributed by atoms with Crippen molar-refractivity contribution in [2.45, 2.75) is 82.2 Å². The number of carbonyl (C=O) groups is 6. The van der Waals surface area contributed by atoms with Crippen molar-refractivity contribution in [3.05, 3.63) is 83.6 Å². The normalized spacial score (nSPS) is 17.9. The number of thiocarbonyl (C=S) groups is 1. The molecule has 1 aliphatic carbocycles. The summed E-state index contributed by atoms with van der Waals surface area (Å²) in [4.78, 5) is 76.9. The van der Waals surface area contributed by atoms with Crippen LogP contribution in [0.25, 0.3) is 22.0 Å². The van der Waals surface area contributed by atoms with E-state index in [0.717, 1.165) is 32.5 Å². The van der Waals surface area contributed by atoms with Crippen LogP contribution in [0.15, 0.2) is 66.9 Å². The molecule has 6 amide bonds. The van der Waals surface area contributed by atoms with Crippen LogP contribution in [-0.2, 0) is 19.2 Å². The lowest BCUT2D eigenvalue weighted by atomic mass is 9.92. The van der Waals surface area contributed by atoms with E-state index in [-0.39, 0.29) is 65.9 Å². The number of amides is 6. The van der Waals surface area contributed by atoms with E-state index in [4.69, 9.17) is 22.7 Å². The minimum atomic E-state index is -2.67. The van der Waals surface area contributed by atoms with Gasteiger partial charge in [0.15, 0.2) is 6.61 Å². The fourth-order valence-corrected chi connectivity index (χ4v) is 7.97. The average Bonchev–Trinajstić information content (AvgIpc) is 3.69. The molecule has 3 aromatic carbocycles. The Morgan fingerprint density at radius 1 is 0.914 bits per heavy atom. The molecule has 3 aliphatic rings. The first-order valence-corrected chi connectivity index (χ1v) is 19.7. The average molecular weight is 813 g/mol. The first-order valence-electron chi connectivity index (χ1n) is 19.3. The van der Waals surface area contributed by atoms with Gasteiger partial charge < -0.3 is 25.7 Å². The molecule has 58 heavy (non-hydrogen) atoms. The third-order valence-corrected chi connectivity index (χ3v) is 11.1. The van der Waals surface area contributed by atoms with Crippen LogP contribution in [0, 0.1) is 0 Å². The van der Waals surface area contributed by atoms with Gasteiger partial charge in [-0.15, -0.1) is 0 Å². The largest absolute Gasteiger partial charge is 0.483 e. The topological polar surface area (TPSA) is 182 Å². The summed E-state index contributed by atoms with van der Waals surface area (Å²) in [6, 6.07) is 16.4. The Kier molecular flexibility index (Phi) is 11.7. The van der Waals surface area contributed by atoms with Gasteiger partial charge in [0.25, 0.3) is 17.7 Å². The predicted molar refractivity (Wildman–Crippen MR) is 214 cm³/mol. The van der Waals surface area contributed by atoms with E-state index in [1.54, 1.807) is 0 Å². The molecule has 1 aromatic heterocycles. The summed E-state index contributed by atoms with van der Waals surface area (Å²) in [5, 5.41) is 8.78. The van der Waals surface area contributed by atoms with Crippen LogP contribution in [0.2, 0.25) is 0 Å². The minimum absolute atomic E-state index is 0.00569. The fourth-order valence-electron chi connectivity index (χ4n) is 7.84. The number of nitrogens with one attached hydrogen (secondary N) is 3. The molecule has 2 aliphatic heterocycles. The highest BCUT2D eigenvalue weighted by Crippen LogP contribution is 2.42. The Morgan fingerprint density at radius 3 is 2.45 bits per heavy atom. The summed E-state index contributed by atoms with van der Waals surface area (Å²) in [5.41, 5.74) is 9.84. The zero-order chi connectivity index (χ0) is 41.1. The smallest absolute Gasteiger partial charge is 0.266 e. The van der Waals surface area contributed by atoms with Gasteiger partial charge in [0, 0.05) is 66.7 Å². The van der Waals surface area contributed by atoms with Crippen molar-refractivity contribution in [3.63, 3.8) is 0 Å². The van der Waals surface area contributed by atoms with Crippen LogP contribution in [0.1, 0.15) is 96.5 Å². The second kappa shape index (κ2) is 16.8. The molecule has 5 N–H and O–H groups in total. The highest BCUT2D eigenvalue weighted by molar-refractivity contribution is 7.80. The van der Waals surface area contributed by atoms with Crippen LogP contribution in [-0.4, -0.2) is 75.0 Å². The summed E-state index contributed by atoms with van der Waals surface area (Å²) in [7, 11) is 0. The standard InChI is InChI=1S/C42H42F2N6O7S/c43-42(44)17-15-27(16-18-42)49-22-30(24-6-4-7-25(20-24)38(45)58)28-12-11-26(21-32(28)49)47-34(51)10-2-1-3-19-46-36(53)23-57-33-9-5-8-29-37(33)41(56)50(40(29)55)31-13-14-35(52)48-39(31)54/h4-9,11-12,20-22,27,31H,1-3,10,13-19,23H2,(H2,45,58)(H,46,53)(H,47,51)(H,48,52,54). The van der Waals surface area contributed by atoms with Gasteiger partial charge in [0.2, 0.25) is 23.6 Å². The molecule has 1 saturated carbocycles. The Hall–Kier alpha value is -6.03. The third-order valence-electron chi connectivity index (χ3n) is 10.8. The molecular weight excluding hydrogens is 771 g/mol. The number of nitrogens with two attached hydrogens (primary N) is 1. The molecule has 1 saturated heterocycles. The summed E-state index contributed by atoms with van der Waals surface area (Å²) >= 11 is 5.19. The molecule has 16 heteroatoms.